The monoisotopic (exact) mass is 217 g/mol. The van der Waals surface area contributed by atoms with E-state index in [1.165, 1.54) is 5.56 Å². The number of nitrogens with zero attached hydrogens (tertiary/aromatic N) is 1. The number of fused-ring (bicyclic) bond motifs is 2. The van der Waals surface area contributed by atoms with Crippen molar-refractivity contribution in [2.24, 2.45) is 5.92 Å². The minimum absolute atomic E-state index is 0.257. The van der Waals surface area contributed by atoms with Gasteiger partial charge in [-0.3, -0.25) is 0 Å². The molecule has 0 unspecified atom stereocenters. The summed E-state index contributed by atoms with van der Waals surface area (Å²) in [7, 11) is 0. The van der Waals surface area contributed by atoms with Gasteiger partial charge in [0.15, 0.2) is 0 Å². The van der Waals surface area contributed by atoms with Gasteiger partial charge in [0.05, 0.1) is 0 Å². The minimum atomic E-state index is -0.751. The summed E-state index contributed by atoms with van der Waals surface area (Å²) in [6.45, 7) is 0.722. The van der Waals surface area contributed by atoms with Gasteiger partial charge in [-0.25, -0.2) is 4.79 Å². The van der Waals surface area contributed by atoms with E-state index < -0.39 is 6.09 Å². The van der Waals surface area contributed by atoms with Crippen LogP contribution in [-0.4, -0.2) is 28.7 Å². The van der Waals surface area contributed by atoms with Crippen molar-refractivity contribution in [2.45, 2.75) is 24.8 Å². The number of hydrogen-bond donors (Lipinski definition) is 1. The molecule has 0 aromatic heterocycles. The van der Waals surface area contributed by atoms with E-state index in [1.54, 1.807) is 4.90 Å². The van der Waals surface area contributed by atoms with Crippen LogP contribution in [-0.2, 0) is 0 Å². The summed E-state index contributed by atoms with van der Waals surface area (Å²) in [5, 5.41) is 9.02. The average molecular weight is 217 g/mol. The van der Waals surface area contributed by atoms with Crippen LogP contribution in [0.25, 0.3) is 0 Å². The Morgan fingerprint density at radius 3 is 2.56 bits per heavy atom. The molecular weight excluding hydrogens is 202 g/mol. The summed E-state index contributed by atoms with van der Waals surface area (Å²) in [6.07, 6.45) is 1.30. The van der Waals surface area contributed by atoms with Crippen molar-refractivity contribution in [3.63, 3.8) is 0 Å². The highest BCUT2D eigenvalue weighted by Crippen LogP contribution is 2.47. The third-order valence-corrected chi connectivity index (χ3v) is 4.02. The van der Waals surface area contributed by atoms with Crippen LogP contribution in [0.5, 0.6) is 0 Å². The fraction of sp³-hybridized carbons (Fsp3) is 0.462. The number of benzene rings is 1. The highest BCUT2D eigenvalue weighted by atomic mass is 16.4. The topological polar surface area (TPSA) is 40.5 Å². The fourth-order valence-corrected chi connectivity index (χ4v) is 3.30. The number of carboxylic acid groups (broad SMARTS) is 1. The van der Waals surface area contributed by atoms with Gasteiger partial charge in [0.25, 0.3) is 0 Å². The largest absolute Gasteiger partial charge is 0.465 e. The Bertz CT molecular complexity index is 404. The summed E-state index contributed by atoms with van der Waals surface area (Å²) in [5.41, 5.74) is 1.38. The van der Waals surface area contributed by atoms with E-state index in [0.29, 0.717) is 11.8 Å². The van der Waals surface area contributed by atoms with Gasteiger partial charge in [-0.15, -0.1) is 0 Å². The Hall–Kier alpha value is -1.51. The van der Waals surface area contributed by atoms with Crippen molar-refractivity contribution in [2.75, 3.05) is 6.54 Å². The van der Waals surface area contributed by atoms with Crippen LogP contribution in [0.4, 0.5) is 4.79 Å². The fourth-order valence-electron chi connectivity index (χ4n) is 3.30. The first kappa shape index (κ1) is 9.70. The lowest BCUT2D eigenvalue weighted by atomic mass is 9.88. The second-order valence-corrected chi connectivity index (χ2v) is 4.84. The smallest absolute Gasteiger partial charge is 0.407 e. The van der Waals surface area contributed by atoms with Gasteiger partial charge in [0.1, 0.15) is 0 Å². The molecule has 1 amide bonds. The quantitative estimate of drug-likeness (QED) is 0.785. The number of carbonyl (C=O) groups is 1. The third-order valence-electron chi connectivity index (χ3n) is 4.02. The molecule has 2 fully saturated rings. The SMILES string of the molecule is O=C(O)N1C[C@H]2C[C@H]1C[C@@H]2c1ccccc1. The van der Waals surface area contributed by atoms with Crippen molar-refractivity contribution in [1.29, 1.82) is 0 Å². The average Bonchev–Trinajstić information content (AvgIpc) is 2.89. The molecule has 3 rings (SSSR count). The molecule has 2 aliphatic rings. The number of likely N-dealkylation sites (tertiary alicyclic amines) is 1. The number of rotatable bonds is 1. The lowest BCUT2D eigenvalue weighted by Crippen LogP contribution is -2.38. The summed E-state index contributed by atoms with van der Waals surface area (Å²) >= 11 is 0. The van der Waals surface area contributed by atoms with Crippen molar-refractivity contribution < 1.29 is 9.90 Å². The second-order valence-electron chi connectivity index (χ2n) is 4.84. The lowest BCUT2D eigenvalue weighted by molar-refractivity contribution is 0.127. The lowest BCUT2D eigenvalue weighted by Gasteiger charge is -2.29. The Balaban J connectivity index is 1.79. The normalized spacial score (nSPS) is 32.0. The van der Waals surface area contributed by atoms with E-state index in [9.17, 15) is 4.79 Å². The van der Waals surface area contributed by atoms with Crippen LogP contribution >= 0.6 is 0 Å². The van der Waals surface area contributed by atoms with Gasteiger partial charge in [-0.1, -0.05) is 30.3 Å². The van der Waals surface area contributed by atoms with E-state index >= 15 is 0 Å². The van der Waals surface area contributed by atoms with Gasteiger partial charge in [-0.2, -0.15) is 0 Å². The van der Waals surface area contributed by atoms with Crippen LogP contribution < -0.4 is 0 Å². The molecule has 1 heterocycles. The van der Waals surface area contributed by atoms with Crippen molar-refractivity contribution in [3.05, 3.63) is 35.9 Å². The Labute approximate surface area is 94.7 Å². The Morgan fingerprint density at radius 2 is 2.00 bits per heavy atom. The maximum Gasteiger partial charge on any atom is 0.407 e. The molecule has 1 aromatic rings. The standard InChI is InChI=1S/C13H15NO2/c15-13(16)14-8-10-6-11(14)7-12(10)9-4-2-1-3-5-9/h1-5,10-12H,6-8H2,(H,15,16)/t10-,11+,12-/m1/s1. The van der Waals surface area contributed by atoms with Crippen LogP contribution in [0, 0.1) is 5.92 Å². The summed E-state index contributed by atoms with van der Waals surface area (Å²) in [6, 6.07) is 10.7. The van der Waals surface area contributed by atoms with Crippen LogP contribution in [0.1, 0.15) is 24.3 Å². The van der Waals surface area contributed by atoms with Gasteiger partial charge in [0.2, 0.25) is 0 Å². The molecule has 1 saturated carbocycles. The zero-order chi connectivity index (χ0) is 11.1. The molecule has 0 radical (unpaired) electrons. The zero-order valence-electron chi connectivity index (χ0n) is 9.04. The predicted octanol–water partition coefficient (Wildman–Crippen LogP) is 2.54. The van der Waals surface area contributed by atoms with E-state index in [0.717, 1.165) is 19.4 Å². The second kappa shape index (κ2) is 3.51. The highest BCUT2D eigenvalue weighted by Gasteiger charge is 2.46. The predicted molar refractivity (Wildman–Crippen MR) is 60.4 cm³/mol. The van der Waals surface area contributed by atoms with E-state index in [1.807, 2.05) is 6.07 Å². The molecule has 1 aromatic carbocycles. The Morgan fingerprint density at radius 1 is 1.25 bits per heavy atom. The first-order valence-corrected chi connectivity index (χ1v) is 5.80. The maximum atomic E-state index is 11.0. The van der Waals surface area contributed by atoms with Gasteiger partial charge >= 0.3 is 6.09 Å². The zero-order valence-corrected chi connectivity index (χ0v) is 9.04. The molecule has 84 valence electrons. The van der Waals surface area contributed by atoms with Gasteiger partial charge in [0, 0.05) is 12.6 Å². The number of amides is 1. The van der Waals surface area contributed by atoms with E-state index in [-0.39, 0.29) is 6.04 Å². The van der Waals surface area contributed by atoms with E-state index in [4.69, 9.17) is 5.11 Å². The van der Waals surface area contributed by atoms with Crippen LogP contribution in [0.2, 0.25) is 0 Å². The molecule has 3 heteroatoms. The molecular formula is C13H15NO2. The number of hydrogen-bond acceptors (Lipinski definition) is 1. The third kappa shape index (κ3) is 1.39. The van der Waals surface area contributed by atoms with Crippen LogP contribution in [0.15, 0.2) is 30.3 Å². The van der Waals surface area contributed by atoms with Crippen molar-refractivity contribution in [1.82, 2.24) is 4.90 Å². The molecule has 3 atom stereocenters. The van der Waals surface area contributed by atoms with Crippen LogP contribution in [0.3, 0.4) is 0 Å². The minimum Gasteiger partial charge on any atom is -0.465 e. The number of piperidine rings is 1. The van der Waals surface area contributed by atoms with E-state index in [2.05, 4.69) is 24.3 Å². The summed E-state index contributed by atoms with van der Waals surface area (Å²) < 4.78 is 0. The molecule has 0 spiro atoms. The molecule has 3 nitrogen and oxygen atoms in total. The summed E-state index contributed by atoms with van der Waals surface area (Å²) in [4.78, 5) is 12.6. The molecule has 1 N–H and O–H groups in total. The Kier molecular flexibility index (Phi) is 2.13. The molecule has 1 saturated heterocycles. The van der Waals surface area contributed by atoms with Gasteiger partial charge < -0.3 is 10.0 Å². The first-order chi connectivity index (χ1) is 7.75. The molecule has 1 aliphatic carbocycles. The van der Waals surface area contributed by atoms with Crippen molar-refractivity contribution in [3.8, 4) is 0 Å². The summed E-state index contributed by atoms with van der Waals surface area (Å²) in [5.74, 6) is 1.10. The molecule has 16 heavy (non-hydrogen) atoms. The molecule has 1 aliphatic heterocycles. The maximum absolute atomic E-state index is 11.0. The first-order valence-electron chi connectivity index (χ1n) is 5.80. The van der Waals surface area contributed by atoms with Crippen molar-refractivity contribution >= 4 is 6.09 Å². The highest BCUT2D eigenvalue weighted by molar-refractivity contribution is 5.66. The van der Waals surface area contributed by atoms with Gasteiger partial charge in [-0.05, 0) is 30.2 Å². The molecule has 2 bridgehead atoms.